The molecule has 2 heterocycles. The van der Waals surface area contributed by atoms with Gasteiger partial charge in [-0.05, 0) is 29.8 Å². The molecule has 0 unspecified atom stereocenters. The molecule has 74 valence electrons. The van der Waals surface area contributed by atoms with Crippen LogP contribution in [-0.4, -0.2) is 14.8 Å². The van der Waals surface area contributed by atoms with Gasteiger partial charge in [0.1, 0.15) is 5.65 Å². The van der Waals surface area contributed by atoms with E-state index in [0.29, 0.717) is 9.86 Å². The summed E-state index contributed by atoms with van der Waals surface area (Å²) >= 11 is 3.18. The molecule has 0 spiro atoms. The lowest BCUT2D eigenvalue weighted by Crippen LogP contribution is -2.06. The van der Waals surface area contributed by atoms with Crippen LogP contribution in [0.1, 0.15) is 19.9 Å². The second kappa shape index (κ2) is 3.24. The van der Waals surface area contributed by atoms with E-state index in [9.17, 15) is 4.79 Å². The Hall–Kier alpha value is -1.10. The molecule has 0 radical (unpaired) electrons. The zero-order valence-electron chi connectivity index (χ0n) is 7.91. The van der Waals surface area contributed by atoms with Crippen LogP contribution in [0.5, 0.6) is 0 Å². The molecule has 5 heteroatoms. The third-order valence-corrected chi connectivity index (χ3v) is 2.67. The first-order valence-corrected chi connectivity index (χ1v) is 5.15. The largest absolute Gasteiger partial charge is 0.345 e. The van der Waals surface area contributed by atoms with E-state index in [0.717, 1.165) is 5.65 Å². The fraction of sp³-hybridized carbons (Fsp3) is 0.333. The van der Waals surface area contributed by atoms with E-state index in [1.807, 2.05) is 13.8 Å². The zero-order valence-corrected chi connectivity index (χ0v) is 9.50. The summed E-state index contributed by atoms with van der Waals surface area (Å²) in [6.07, 6.45) is 3.24. The summed E-state index contributed by atoms with van der Waals surface area (Å²) in [5, 5.41) is 4.78. The average Bonchev–Trinajstić information content (AvgIpc) is 2.55. The van der Waals surface area contributed by atoms with Crippen LogP contribution in [-0.2, 0) is 0 Å². The van der Waals surface area contributed by atoms with E-state index in [1.54, 1.807) is 17.1 Å². The predicted octanol–water partition coefficient (Wildman–Crippen LogP) is 2.07. The highest BCUT2D eigenvalue weighted by Gasteiger charge is 2.09. The van der Waals surface area contributed by atoms with Crippen molar-refractivity contribution >= 4 is 27.0 Å². The van der Waals surface area contributed by atoms with Crippen LogP contribution in [0.4, 0.5) is 0 Å². The standard InChI is InChI=1S/C9H10BrN3O/c1-5(2)13-9-6(3-12-13)8(14)7(10)4-11-9/h3-5H,1-2H3,(H,11,14). The number of H-pyrrole nitrogens is 1. The van der Waals surface area contributed by atoms with E-state index < -0.39 is 0 Å². The van der Waals surface area contributed by atoms with Gasteiger partial charge in [0, 0.05) is 12.2 Å². The van der Waals surface area contributed by atoms with Gasteiger partial charge in [-0.15, -0.1) is 0 Å². The molecule has 0 aromatic carbocycles. The molecule has 0 aliphatic carbocycles. The Morgan fingerprint density at radius 1 is 1.57 bits per heavy atom. The first-order chi connectivity index (χ1) is 6.61. The number of halogens is 1. The minimum absolute atomic E-state index is 0.0225. The SMILES string of the molecule is CC(C)n1ncc2c(=O)c(Br)c[nH]c21. The molecule has 2 aromatic rings. The fourth-order valence-corrected chi connectivity index (χ4v) is 1.72. The van der Waals surface area contributed by atoms with E-state index in [1.165, 1.54) is 0 Å². The van der Waals surface area contributed by atoms with Crippen molar-refractivity contribution in [1.82, 2.24) is 14.8 Å². The van der Waals surface area contributed by atoms with Gasteiger partial charge in [-0.25, -0.2) is 4.68 Å². The van der Waals surface area contributed by atoms with Gasteiger partial charge in [-0.3, -0.25) is 4.79 Å². The summed E-state index contributed by atoms with van der Waals surface area (Å²) in [5.41, 5.74) is 0.749. The van der Waals surface area contributed by atoms with Crippen LogP contribution < -0.4 is 5.43 Å². The van der Waals surface area contributed by atoms with Crippen molar-refractivity contribution in [1.29, 1.82) is 0 Å². The van der Waals surface area contributed by atoms with Crippen molar-refractivity contribution in [2.24, 2.45) is 0 Å². The molecule has 0 saturated carbocycles. The van der Waals surface area contributed by atoms with Crippen LogP contribution in [0.25, 0.3) is 11.0 Å². The number of nitrogens with one attached hydrogen (secondary N) is 1. The highest BCUT2D eigenvalue weighted by molar-refractivity contribution is 9.10. The molecule has 0 atom stereocenters. The Morgan fingerprint density at radius 2 is 2.29 bits per heavy atom. The summed E-state index contributed by atoms with van der Waals surface area (Å²) in [6.45, 7) is 4.04. The van der Waals surface area contributed by atoms with Crippen LogP contribution in [0.2, 0.25) is 0 Å². The summed E-state index contributed by atoms with van der Waals surface area (Å²) < 4.78 is 2.33. The number of hydrogen-bond donors (Lipinski definition) is 1. The number of nitrogens with zero attached hydrogens (tertiary/aromatic N) is 2. The van der Waals surface area contributed by atoms with E-state index in [4.69, 9.17) is 0 Å². The molecule has 0 amide bonds. The van der Waals surface area contributed by atoms with Crippen LogP contribution >= 0.6 is 15.9 Å². The quantitative estimate of drug-likeness (QED) is 0.849. The van der Waals surface area contributed by atoms with Gasteiger partial charge in [-0.1, -0.05) is 0 Å². The number of aromatic amines is 1. The molecule has 0 bridgehead atoms. The van der Waals surface area contributed by atoms with Crippen molar-refractivity contribution < 1.29 is 0 Å². The van der Waals surface area contributed by atoms with E-state index in [-0.39, 0.29) is 11.5 Å². The topological polar surface area (TPSA) is 50.7 Å². The number of pyridine rings is 1. The summed E-state index contributed by atoms with van der Waals surface area (Å²) in [4.78, 5) is 14.7. The van der Waals surface area contributed by atoms with Crippen molar-refractivity contribution in [3.05, 3.63) is 27.1 Å². The fourth-order valence-electron chi connectivity index (χ4n) is 1.39. The minimum atomic E-state index is -0.0225. The summed E-state index contributed by atoms with van der Waals surface area (Å²) in [7, 11) is 0. The maximum atomic E-state index is 11.6. The number of aromatic nitrogens is 3. The minimum Gasteiger partial charge on any atom is -0.345 e. The Morgan fingerprint density at radius 3 is 2.93 bits per heavy atom. The molecular formula is C9H10BrN3O. The molecule has 14 heavy (non-hydrogen) atoms. The zero-order chi connectivity index (χ0) is 10.3. The second-order valence-corrected chi connectivity index (χ2v) is 4.27. The van der Waals surface area contributed by atoms with Crippen molar-refractivity contribution in [3.8, 4) is 0 Å². The number of rotatable bonds is 1. The molecule has 4 nitrogen and oxygen atoms in total. The summed E-state index contributed by atoms with van der Waals surface area (Å²) in [5.74, 6) is 0. The van der Waals surface area contributed by atoms with Gasteiger partial charge in [0.15, 0.2) is 0 Å². The maximum Gasteiger partial charge on any atom is 0.206 e. The highest BCUT2D eigenvalue weighted by Crippen LogP contribution is 2.14. The van der Waals surface area contributed by atoms with Crippen LogP contribution in [0, 0.1) is 0 Å². The Bertz CT molecular complexity index is 526. The Kier molecular flexibility index (Phi) is 2.19. The molecule has 0 aliphatic rings. The third-order valence-electron chi connectivity index (χ3n) is 2.08. The average molecular weight is 256 g/mol. The molecule has 2 rings (SSSR count). The highest BCUT2D eigenvalue weighted by atomic mass is 79.9. The van der Waals surface area contributed by atoms with Crippen molar-refractivity contribution in [2.45, 2.75) is 19.9 Å². The Labute approximate surface area is 89.1 Å². The van der Waals surface area contributed by atoms with E-state index in [2.05, 4.69) is 26.0 Å². The van der Waals surface area contributed by atoms with Gasteiger partial charge in [0.2, 0.25) is 5.43 Å². The second-order valence-electron chi connectivity index (χ2n) is 3.41. The lowest BCUT2D eigenvalue weighted by Gasteiger charge is -2.05. The molecular weight excluding hydrogens is 246 g/mol. The van der Waals surface area contributed by atoms with Crippen molar-refractivity contribution in [3.63, 3.8) is 0 Å². The van der Waals surface area contributed by atoms with Crippen molar-refractivity contribution in [2.75, 3.05) is 0 Å². The first-order valence-electron chi connectivity index (χ1n) is 4.35. The maximum absolute atomic E-state index is 11.6. The van der Waals surface area contributed by atoms with E-state index >= 15 is 0 Å². The lowest BCUT2D eigenvalue weighted by atomic mass is 10.3. The Balaban J connectivity index is 2.84. The molecule has 2 aromatic heterocycles. The van der Waals surface area contributed by atoms with Gasteiger partial charge >= 0.3 is 0 Å². The van der Waals surface area contributed by atoms with Gasteiger partial charge < -0.3 is 4.98 Å². The predicted molar refractivity (Wildman–Crippen MR) is 58.4 cm³/mol. The molecule has 0 fully saturated rings. The normalized spacial score (nSPS) is 11.4. The number of fused-ring (bicyclic) bond motifs is 1. The monoisotopic (exact) mass is 255 g/mol. The third kappa shape index (κ3) is 1.28. The smallest absolute Gasteiger partial charge is 0.206 e. The van der Waals surface area contributed by atoms with Gasteiger partial charge in [0.05, 0.1) is 16.1 Å². The lowest BCUT2D eigenvalue weighted by molar-refractivity contribution is 0.546. The first kappa shape index (κ1) is 9.45. The summed E-state index contributed by atoms with van der Waals surface area (Å²) in [6, 6.07) is 0.240. The van der Waals surface area contributed by atoms with Crippen LogP contribution in [0.15, 0.2) is 21.7 Å². The molecule has 0 saturated heterocycles. The molecule has 0 aliphatic heterocycles. The molecule has 1 N–H and O–H groups in total. The van der Waals surface area contributed by atoms with Gasteiger partial charge in [0.25, 0.3) is 0 Å². The number of hydrogen-bond acceptors (Lipinski definition) is 2. The van der Waals surface area contributed by atoms with Crippen LogP contribution in [0.3, 0.4) is 0 Å². The van der Waals surface area contributed by atoms with Gasteiger partial charge in [-0.2, -0.15) is 5.10 Å².